The Balaban J connectivity index is 1.70. The molecule has 0 atom stereocenters. The predicted molar refractivity (Wildman–Crippen MR) is 100.0 cm³/mol. The highest BCUT2D eigenvalue weighted by molar-refractivity contribution is 7.12. The van der Waals surface area contributed by atoms with Crippen LogP contribution in [-0.4, -0.2) is 16.8 Å². The molecule has 142 valence electrons. The first-order valence-corrected chi connectivity index (χ1v) is 9.53. The summed E-state index contributed by atoms with van der Waals surface area (Å²) < 4.78 is 45.7. The maximum absolute atomic E-state index is 13.4. The highest BCUT2D eigenvalue weighted by Gasteiger charge is 2.35. The highest BCUT2D eigenvalue weighted by Crippen LogP contribution is 2.39. The van der Waals surface area contributed by atoms with Crippen LogP contribution in [0.15, 0.2) is 48.0 Å². The molecule has 2 aromatic carbocycles. The van der Waals surface area contributed by atoms with E-state index in [9.17, 15) is 13.2 Å². The number of rotatable bonds is 7. The number of aryl methyl sites for hydroxylation is 1. The van der Waals surface area contributed by atoms with E-state index in [1.807, 2.05) is 12.1 Å². The van der Waals surface area contributed by atoms with E-state index >= 15 is 0 Å². The maximum Gasteiger partial charge on any atom is 0.419 e. The number of hydrogen-bond acceptors (Lipinski definition) is 4. The summed E-state index contributed by atoms with van der Waals surface area (Å²) in [5.41, 5.74) is 3.36. The van der Waals surface area contributed by atoms with E-state index in [1.54, 1.807) is 6.07 Å². The summed E-state index contributed by atoms with van der Waals surface area (Å²) in [5.74, 6) is -0.168. The normalized spacial score (nSPS) is 11.6. The maximum atomic E-state index is 13.4. The van der Waals surface area contributed by atoms with Gasteiger partial charge in [0.25, 0.3) is 0 Å². The molecule has 1 aromatic heterocycles. The van der Waals surface area contributed by atoms with Gasteiger partial charge in [0.1, 0.15) is 16.3 Å². The second kappa shape index (κ2) is 8.52. The van der Waals surface area contributed by atoms with Crippen LogP contribution in [0, 0.1) is 0 Å². The van der Waals surface area contributed by atoms with Crippen molar-refractivity contribution in [1.29, 1.82) is 0 Å². The van der Waals surface area contributed by atoms with E-state index in [4.69, 9.17) is 4.74 Å². The molecule has 0 aliphatic rings. The smallest absolute Gasteiger partial charge is 0.419 e. The Morgan fingerprint density at radius 1 is 1.00 bits per heavy atom. The van der Waals surface area contributed by atoms with E-state index in [1.165, 1.54) is 28.5 Å². The summed E-state index contributed by atoms with van der Waals surface area (Å²) in [5, 5.41) is 7.94. The van der Waals surface area contributed by atoms with E-state index in [0.29, 0.717) is 17.0 Å². The van der Waals surface area contributed by atoms with Gasteiger partial charge in [-0.2, -0.15) is 13.2 Å². The van der Waals surface area contributed by atoms with Crippen molar-refractivity contribution in [3.63, 3.8) is 0 Å². The van der Waals surface area contributed by atoms with Gasteiger partial charge < -0.3 is 4.74 Å². The summed E-state index contributed by atoms with van der Waals surface area (Å²) in [7, 11) is 0. The van der Waals surface area contributed by atoms with Gasteiger partial charge in [0.15, 0.2) is 0 Å². The standard InChI is InChI=1S/C20H19F3N2OS/c1-2-3-14-4-6-15(7-5-14)10-11-26-18-9-8-16(19-25-24-13-27-19)12-17(18)20(21,22)23/h4-9,12-13H,2-3,10-11H2,1H3. The number of alkyl halides is 3. The predicted octanol–water partition coefficient (Wildman–Crippen LogP) is 5.80. The first-order valence-electron chi connectivity index (χ1n) is 8.65. The van der Waals surface area contributed by atoms with Crippen molar-refractivity contribution in [3.8, 4) is 16.3 Å². The first kappa shape index (κ1) is 19.4. The minimum atomic E-state index is -4.50. The van der Waals surface area contributed by atoms with Crippen molar-refractivity contribution in [2.24, 2.45) is 0 Å². The molecule has 3 aromatic rings. The minimum absolute atomic E-state index is 0.168. The zero-order valence-corrected chi connectivity index (χ0v) is 15.6. The number of ether oxygens (including phenoxy) is 1. The molecular weight excluding hydrogens is 373 g/mol. The molecule has 1 heterocycles. The fraction of sp³-hybridized carbons (Fsp3) is 0.300. The first-order chi connectivity index (χ1) is 13.0. The molecule has 0 fully saturated rings. The third-order valence-corrected chi connectivity index (χ3v) is 4.84. The van der Waals surface area contributed by atoms with Crippen molar-refractivity contribution < 1.29 is 17.9 Å². The molecule has 0 bridgehead atoms. The number of halogens is 3. The molecule has 0 spiro atoms. The number of nitrogens with zero attached hydrogens (tertiary/aromatic N) is 2. The van der Waals surface area contributed by atoms with Gasteiger partial charge in [0.2, 0.25) is 0 Å². The summed E-state index contributed by atoms with van der Waals surface area (Å²) in [6.45, 7) is 2.30. The average Bonchev–Trinajstić information content (AvgIpc) is 3.17. The van der Waals surface area contributed by atoms with E-state index in [2.05, 4.69) is 29.3 Å². The van der Waals surface area contributed by atoms with Gasteiger partial charge in [-0.05, 0) is 35.7 Å². The number of benzene rings is 2. The molecule has 0 saturated heterocycles. The van der Waals surface area contributed by atoms with Gasteiger partial charge in [-0.1, -0.05) is 48.9 Å². The molecule has 0 saturated carbocycles. The lowest BCUT2D eigenvalue weighted by molar-refractivity contribution is -0.138. The molecule has 27 heavy (non-hydrogen) atoms. The van der Waals surface area contributed by atoms with Gasteiger partial charge in [-0.3, -0.25) is 0 Å². The molecule has 3 nitrogen and oxygen atoms in total. The van der Waals surface area contributed by atoms with Gasteiger partial charge in [-0.25, -0.2) is 0 Å². The number of hydrogen-bond donors (Lipinski definition) is 0. The van der Waals surface area contributed by atoms with Crippen LogP contribution in [0.5, 0.6) is 5.75 Å². The second-order valence-corrected chi connectivity index (χ2v) is 6.95. The Morgan fingerprint density at radius 3 is 2.30 bits per heavy atom. The van der Waals surface area contributed by atoms with Gasteiger partial charge in [0, 0.05) is 12.0 Å². The van der Waals surface area contributed by atoms with Crippen LogP contribution in [-0.2, 0) is 19.0 Å². The Morgan fingerprint density at radius 2 is 1.70 bits per heavy atom. The van der Waals surface area contributed by atoms with Crippen LogP contribution >= 0.6 is 11.3 Å². The molecule has 0 aliphatic heterocycles. The minimum Gasteiger partial charge on any atom is -0.493 e. The van der Waals surface area contributed by atoms with Crippen LogP contribution in [0.4, 0.5) is 13.2 Å². The van der Waals surface area contributed by atoms with Crippen LogP contribution in [0.3, 0.4) is 0 Å². The fourth-order valence-electron chi connectivity index (χ4n) is 2.75. The summed E-state index contributed by atoms with van der Waals surface area (Å²) >= 11 is 1.19. The van der Waals surface area contributed by atoms with Crippen molar-refractivity contribution in [1.82, 2.24) is 10.2 Å². The monoisotopic (exact) mass is 392 g/mol. The molecule has 0 amide bonds. The zero-order chi connectivity index (χ0) is 19.3. The van der Waals surface area contributed by atoms with Crippen LogP contribution < -0.4 is 4.74 Å². The molecule has 0 unspecified atom stereocenters. The average molecular weight is 392 g/mol. The molecular formula is C20H19F3N2OS. The van der Waals surface area contributed by atoms with E-state index in [-0.39, 0.29) is 12.4 Å². The van der Waals surface area contributed by atoms with Crippen LogP contribution in [0.25, 0.3) is 10.6 Å². The molecule has 0 N–H and O–H groups in total. The fourth-order valence-corrected chi connectivity index (χ4v) is 3.30. The van der Waals surface area contributed by atoms with Gasteiger partial charge in [-0.15, -0.1) is 10.2 Å². The molecule has 0 aliphatic carbocycles. The third kappa shape index (κ3) is 5.07. The van der Waals surface area contributed by atoms with Crippen molar-refractivity contribution >= 4 is 11.3 Å². The van der Waals surface area contributed by atoms with Crippen molar-refractivity contribution in [3.05, 3.63) is 64.7 Å². The van der Waals surface area contributed by atoms with Crippen molar-refractivity contribution in [2.45, 2.75) is 32.4 Å². The third-order valence-electron chi connectivity index (χ3n) is 4.10. The summed E-state index contributed by atoms with van der Waals surface area (Å²) in [6, 6.07) is 12.1. The van der Waals surface area contributed by atoms with Gasteiger partial charge in [0.05, 0.1) is 12.2 Å². The SMILES string of the molecule is CCCc1ccc(CCOc2ccc(-c3nncs3)cc2C(F)(F)F)cc1. The lowest BCUT2D eigenvalue weighted by Gasteiger charge is -2.15. The topological polar surface area (TPSA) is 35.0 Å². The lowest BCUT2D eigenvalue weighted by Crippen LogP contribution is -2.10. The van der Waals surface area contributed by atoms with Gasteiger partial charge >= 0.3 is 6.18 Å². The Labute approximate surface area is 159 Å². The lowest BCUT2D eigenvalue weighted by atomic mass is 10.1. The highest BCUT2D eigenvalue weighted by atomic mass is 32.1. The van der Waals surface area contributed by atoms with Crippen molar-refractivity contribution in [2.75, 3.05) is 6.61 Å². The molecule has 7 heteroatoms. The Kier molecular flexibility index (Phi) is 6.11. The number of aromatic nitrogens is 2. The van der Waals surface area contributed by atoms with Crippen LogP contribution in [0.1, 0.15) is 30.0 Å². The summed E-state index contributed by atoms with van der Waals surface area (Å²) in [6.07, 6.45) is -1.86. The Bertz CT molecular complexity index is 862. The Hall–Kier alpha value is -2.41. The largest absolute Gasteiger partial charge is 0.493 e. The second-order valence-electron chi connectivity index (χ2n) is 6.12. The zero-order valence-electron chi connectivity index (χ0n) is 14.8. The summed E-state index contributed by atoms with van der Waals surface area (Å²) in [4.78, 5) is 0. The van der Waals surface area contributed by atoms with E-state index < -0.39 is 11.7 Å². The van der Waals surface area contributed by atoms with Crippen LogP contribution in [0.2, 0.25) is 0 Å². The quantitative estimate of drug-likeness (QED) is 0.510. The molecule has 3 rings (SSSR count). The van der Waals surface area contributed by atoms with E-state index in [0.717, 1.165) is 24.5 Å². The molecule has 0 radical (unpaired) electrons.